The Hall–Kier alpha value is -1.75. The van der Waals surface area contributed by atoms with Crippen molar-refractivity contribution in [2.45, 2.75) is 31.8 Å². The zero-order chi connectivity index (χ0) is 14.3. The number of hydrogen-bond donors (Lipinski definition) is 2. The van der Waals surface area contributed by atoms with Gasteiger partial charge in [-0.1, -0.05) is 6.07 Å². The third-order valence-corrected chi connectivity index (χ3v) is 4.52. The molecule has 0 saturated carbocycles. The highest BCUT2D eigenvalue weighted by molar-refractivity contribution is 5.98. The lowest BCUT2D eigenvalue weighted by Gasteiger charge is -2.44. The van der Waals surface area contributed by atoms with Crippen LogP contribution in [0.2, 0.25) is 0 Å². The number of piperazine rings is 1. The first-order valence-electron chi connectivity index (χ1n) is 7.20. The molecule has 2 heterocycles. The standard InChI is InChI=1S/C15H21N3O2/c1-10-8-17-7-3-4-11(17)9-18(10)14-12(15(19)20)5-2-6-13(14)16/h2,5-6,10-11H,3-4,7-9,16H2,1H3,(H,19,20). The van der Waals surface area contributed by atoms with E-state index in [1.54, 1.807) is 18.2 Å². The van der Waals surface area contributed by atoms with Gasteiger partial charge in [-0.15, -0.1) is 0 Å². The van der Waals surface area contributed by atoms with Crippen LogP contribution in [0.25, 0.3) is 0 Å². The summed E-state index contributed by atoms with van der Waals surface area (Å²) >= 11 is 0. The summed E-state index contributed by atoms with van der Waals surface area (Å²) in [6.45, 7) is 5.17. The van der Waals surface area contributed by atoms with Crippen LogP contribution in [-0.2, 0) is 0 Å². The summed E-state index contributed by atoms with van der Waals surface area (Å²) in [7, 11) is 0. The van der Waals surface area contributed by atoms with E-state index in [2.05, 4.69) is 16.7 Å². The van der Waals surface area contributed by atoms with Crippen LogP contribution in [0, 0.1) is 0 Å². The Morgan fingerprint density at radius 3 is 2.95 bits per heavy atom. The molecular formula is C15H21N3O2. The second-order valence-corrected chi connectivity index (χ2v) is 5.84. The third-order valence-electron chi connectivity index (χ3n) is 4.52. The van der Waals surface area contributed by atoms with E-state index in [9.17, 15) is 9.90 Å². The summed E-state index contributed by atoms with van der Waals surface area (Å²) in [6, 6.07) is 5.95. The number of carbonyl (C=O) groups is 1. The highest BCUT2D eigenvalue weighted by Gasteiger charge is 2.36. The molecule has 2 atom stereocenters. The molecule has 3 rings (SSSR count). The molecule has 0 radical (unpaired) electrons. The van der Waals surface area contributed by atoms with Crippen LogP contribution < -0.4 is 10.6 Å². The van der Waals surface area contributed by atoms with Crippen molar-refractivity contribution in [3.05, 3.63) is 23.8 Å². The number of para-hydroxylation sites is 1. The number of rotatable bonds is 2. The number of hydrogen-bond acceptors (Lipinski definition) is 4. The molecule has 2 unspecified atom stereocenters. The molecule has 108 valence electrons. The summed E-state index contributed by atoms with van der Waals surface area (Å²) in [6.07, 6.45) is 2.43. The van der Waals surface area contributed by atoms with Gasteiger partial charge in [0, 0.05) is 25.2 Å². The number of benzene rings is 1. The number of nitrogens with two attached hydrogens (primary N) is 1. The maximum atomic E-state index is 11.5. The first-order valence-corrected chi connectivity index (χ1v) is 7.20. The van der Waals surface area contributed by atoms with Crippen LogP contribution in [0.3, 0.4) is 0 Å². The van der Waals surface area contributed by atoms with Crippen LogP contribution in [0.5, 0.6) is 0 Å². The molecule has 2 aliphatic rings. The molecule has 20 heavy (non-hydrogen) atoms. The number of fused-ring (bicyclic) bond motifs is 1. The van der Waals surface area contributed by atoms with Crippen molar-refractivity contribution < 1.29 is 9.90 Å². The average molecular weight is 275 g/mol. The van der Waals surface area contributed by atoms with Gasteiger partial charge >= 0.3 is 5.97 Å². The molecule has 0 aliphatic carbocycles. The summed E-state index contributed by atoms with van der Waals surface area (Å²) in [5, 5.41) is 9.40. The minimum Gasteiger partial charge on any atom is -0.478 e. The molecule has 5 heteroatoms. The van der Waals surface area contributed by atoms with Gasteiger partial charge < -0.3 is 15.7 Å². The Morgan fingerprint density at radius 2 is 2.20 bits per heavy atom. The lowest BCUT2D eigenvalue weighted by molar-refractivity contribution is 0.0697. The maximum absolute atomic E-state index is 11.5. The molecule has 0 bridgehead atoms. The van der Waals surface area contributed by atoms with Gasteiger partial charge in [0.2, 0.25) is 0 Å². The highest BCUT2D eigenvalue weighted by Crippen LogP contribution is 2.34. The Bertz CT molecular complexity index is 532. The molecule has 3 N–H and O–H groups in total. The normalized spacial score (nSPS) is 26.6. The quantitative estimate of drug-likeness (QED) is 0.803. The van der Waals surface area contributed by atoms with Crippen LogP contribution >= 0.6 is 0 Å². The van der Waals surface area contributed by atoms with Crippen molar-refractivity contribution in [3.63, 3.8) is 0 Å². The smallest absolute Gasteiger partial charge is 0.337 e. The molecular weight excluding hydrogens is 254 g/mol. The van der Waals surface area contributed by atoms with Gasteiger partial charge in [0.05, 0.1) is 16.9 Å². The zero-order valence-electron chi connectivity index (χ0n) is 11.7. The SMILES string of the molecule is CC1CN2CCCC2CN1c1c(N)cccc1C(=O)O. The number of nitrogens with zero attached hydrogens (tertiary/aromatic N) is 2. The van der Waals surface area contributed by atoms with E-state index in [1.165, 1.54) is 19.4 Å². The van der Waals surface area contributed by atoms with Crippen molar-refractivity contribution in [1.29, 1.82) is 0 Å². The number of anilines is 2. The van der Waals surface area contributed by atoms with Gasteiger partial charge in [-0.25, -0.2) is 4.79 Å². The van der Waals surface area contributed by atoms with Crippen molar-refractivity contribution in [2.24, 2.45) is 0 Å². The second kappa shape index (κ2) is 4.98. The van der Waals surface area contributed by atoms with Crippen LogP contribution in [0.4, 0.5) is 11.4 Å². The van der Waals surface area contributed by atoms with Crippen molar-refractivity contribution in [1.82, 2.24) is 4.90 Å². The van der Waals surface area contributed by atoms with Gasteiger partial charge in [-0.2, -0.15) is 0 Å². The van der Waals surface area contributed by atoms with E-state index < -0.39 is 5.97 Å². The number of carboxylic acid groups (broad SMARTS) is 1. The summed E-state index contributed by atoms with van der Waals surface area (Å²) in [5.74, 6) is -0.909. The summed E-state index contributed by atoms with van der Waals surface area (Å²) in [5.41, 5.74) is 7.63. The molecule has 2 aliphatic heterocycles. The fourth-order valence-corrected chi connectivity index (χ4v) is 3.55. The van der Waals surface area contributed by atoms with E-state index in [0.717, 1.165) is 13.1 Å². The van der Waals surface area contributed by atoms with Crippen molar-refractivity contribution >= 4 is 17.3 Å². The van der Waals surface area contributed by atoms with Gasteiger partial charge in [-0.05, 0) is 38.4 Å². The minimum absolute atomic E-state index is 0.284. The Balaban J connectivity index is 1.97. The van der Waals surface area contributed by atoms with Crippen LogP contribution in [-0.4, -0.2) is 47.7 Å². The lowest BCUT2D eigenvalue weighted by Crippen LogP contribution is -2.55. The first-order chi connectivity index (χ1) is 9.58. The largest absolute Gasteiger partial charge is 0.478 e. The third kappa shape index (κ3) is 2.12. The predicted octanol–water partition coefficient (Wildman–Crippen LogP) is 1.64. The monoisotopic (exact) mass is 275 g/mol. The highest BCUT2D eigenvalue weighted by atomic mass is 16.4. The Kier molecular flexibility index (Phi) is 3.30. The number of carboxylic acids is 1. The van der Waals surface area contributed by atoms with E-state index in [0.29, 0.717) is 23.0 Å². The molecule has 0 aromatic heterocycles. The summed E-state index contributed by atoms with van der Waals surface area (Å²) < 4.78 is 0. The summed E-state index contributed by atoms with van der Waals surface area (Å²) in [4.78, 5) is 16.2. The van der Waals surface area contributed by atoms with E-state index >= 15 is 0 Å². The number of nitrogen functional groups attached to an aromatic ring is 1. The Morgan fingerprint density at radius 1 is 1.40 bits per heavy atom. The maximum Gasteiger partial charge on any atom is 0.337 e. The van der Waals surface area contributed by atoms with Crippen LogP contribution in [0.1, 0.15) is 30.1 Å². The van der Waals surface area contributed by atoms with Crippen molar-refractivity contribution in [3.8, 4) is 0 Å². The molecule has 1 aromatic rings. The molecule has 1 aromatic carbocycles. The fourth-order valence-electron chi connectivity index (χ4n) is 3.55. The second-order valence-electron chi connectivity index (χ2n) is 5.84. The zero-order valence-corrected chi connectivity index (χ0v) is 11.7. The van der Waals surface area contributed by atoms with E-state index in [1.807, 2.05) is 0 Å². The lowest BCUT2D eigenvalue weighted by atomic mass is 10.0. The van der Waals surface area contributed by atoms with Crippen LogP contribution in [0.15, 0.2) is 18.2 Å². The fraction of sp³-hybridized carbons (Fsp3) is 0.533. The first kappa shape index (κ1) is 13.2. The van der Waals surface area contributed by atoms with Gasteiger partial charge in [0.25, 0.3) is 0 Å². The van der Waals surface area contributed by atoms with Gasteiger partial charge in [0.1, 0.15) is 0 Å². The van der Waals surface area contributed by atoms with E-state index in [4.69, 9.17) is 5.73 Å². The molecule has 2 saturated heterocycles. The van der Waals surface area contributed by atoms with Gasteiger partial charge in [-0.3, -0.25) is 4.90 Å². The topological polar surface area (TPSA) is 69.8 Å². The predicted molar refractivity (Wildman–Crippen MR) is 79.2 cm³/mol. The molecule has 2 fully saturated rings. The number of aromatic carboxylic acids is 1. The molecule has 5 nitrogen and oxygen atoms in total. The van der Waals surface area contributed by atoms with Gasteiger partial charge in [0.15, 0.2) is 0 Å². The average Bonchev–Trinajstić information content (AvgIpc) is 2.84. The Labute approximate surface area is 119 Å². The molecule has 0 amide bonds. The minimum atomic E-state index is -0.909. The van der Waals surface area contributed by atoms with Crippen molar-refractivity contribution in [2.75, 3.05) is 30.3 Å². The molecule has 0 spiro atoms. The van der Waals surface area contributed by atoms with E-state index in [-0.39, 0.29) is 6.04 Å².